The van der Waals surface area contributed by atoms with E-state index in [-0.39, 0.29) is 0 Å². The third kappa shape index (κ3) is 6.02. The van der Waals surface area contributed by atoms with Crippen LogP contribution < -0.4 is 0 Å². The fourth-order valence-electron chi connectivity index (χ4n) is 2.57. The van der Waals surface area contributed by atoms with Gasteiger partial charge in [-0.15, -0.1) is 0 Å². The molecule has 4 heteroatoms. The highest BCUT2D eigenvalue weighted by Crippen LogP contribution is 2.24. The third-order valence-electron chi connectivity index (χ3n) is 4.04. The third-order valence-corrected chi connectivity index (χ3v) is 5.05. The summed E-state index contributed by atoms with van der Waals surface area (Å²) in [5, 5.41) is 3.01. The molecule has 28 heavy (non-hydrogen) atoms. The summed E-state index contributed by atoms with van der Waals surface area (Å²) < 4.78 is 0. The normalized spacial score (nSPS) is 10.1. The molecule has 0 aromatic heterocycles. The first-order chi connectivity index (χ1) is 13.5. The highest BCUT2D eigenvalue weighted by Gasteiger charge is 1.97. The zero-order valence-electron chi connectivity index (χ0n) is 14.7. The first-order valence-electron chi connectivity index (χ1n) is 8.54. The van der Waals surface area contributed by atoms with Crippen molar-refractivity contribution in [2.24, 2.45) is 0 Å². The minimum absolute atomic E-state index is 0.753. The Kier molecular flexibility index (Phi) is 7.42. The zero-order chi connectivity index (χ0) is 19.9. The standard InChI is InChI=1S/2C12H8Cl2/c2*13-11-5-1-9(2-6-11)10-3-7-12(14)8-4-10/h2*1-8H. The lowest BCUT2D eigenvalue weighted by Gasteiger charge is -2.01. The molecular formula is C24H16Cl4. The Morgan fingerprint density at radius 3 is 0.536 bits per heavy atom. The molecule has 0 unspecified atom stereocenters. The van der Waals surface area contributed by atoms with E-state index in [4.69, 9.17) is 46.4 Å². The first kappa shape index (κ1) is 20.8. The Morgan fingerprint density at radius 2 is 0.393 bits per heavy atom. The summed E-state index contributed by atoms with van der Waals surface area (Å²) in [7, 11) is 0. The van der Waals surface area contributed by atoms with E-state index in [0.29, 0.717) is 0 Å². The van der Waals surface area contributed by atoms with Crippen molar-refractivity contribution >= 4 is 46.4 Å². The lowest BCUT2D eigenvalue weighted by atomic mass is 10.1. The number of hydrogen-bond acceptors (Lipinski definition) is 0. The Balaban J connectivity index is 0.000000161. The Labute approximate surface area is 185 Å². The van der Waals surface area contributed by atoms with Crippen LogP contribution >= 0.6 is 46.4 Å². The average molecular weight is 446 g/mol. The maximum Gasteiger partial charge on any atom is 0.0406 e. The van der Waals surface area contributed by atoms with E-state index in [9.17, 15) is 0 Å². The molecule has 0 heterocycles. The summed E-state index contributed by atoms with van der Waals surface area (Å²) in [5.74, 6) is 0. The topological polar surface area (TPSA) is 0 Å². The molecule has 4 aromatic carbocycles. The molecule has 140 valence electrons. The minimum Gasteiger partial charge on any atom is -0.0843 e. The molecule has 0 fully saturated rings. The molecule has 0 amide bonds. The van der Waals surface area contributed by atoms with E-state index < -0.39 is 0 Å². The van der Waals surface area contributed by atoms with Crippen molar-refractivity contribution < 1.29 is 0 Å². The summed E-state index contributed by atoms with van der Waals surface area (Å²) in [4.78, 5) is 0. The molecular weight excluding hydrogens is 430 g/mol. The lowest BCUT2D eigenvalue weighted by molar-refractivity contribution is 1.62. The molecule has 0 radical (unpaired) electrons. The second-order valence-corrected chi connectivity index (χ2v) is 7.77. The molecule has 4 rings (SSSR count). The van der Waals surface area contributed by atoms with Gasteiger partial charge in [0.1, 0.15) is 0 Å². The van der Waals surface area contributed by atoms with Gasteiger partial charge in [-0.05, 0) is 70.8 Å². The van der Waals surface area contributed by atoms with Crippen LogP contribution in [0.1, 0.15) is 0 Å². The quantitative estimate of drug-likeness (QED) is 0.288. The fourth-order valence-corrected chi connectivity index (χ4v) is 3.07. The average Bonchev–Trinajstić information content (AvgIpc) is 2.71. The smallest absolute Gasteiger partial charge is 0.0406 e. The van der Waals surface area contributed by atoms with Crippen LogP contribution in [0.3, 0.4) is 0 Å². The predicted octanol–water partition coefficient (Wildman–Crippen LogP) is 9.32. The summed E-state index contributed by atoms with van der Waals surface area (Å²) in [5.41, 5.74) is 4.58. The second kappa shape index (κ2) is 10.0. The second-order valence-electron chi connectivity index (χ2n) is 6.03. The molecule has 0 bridgehead atoms. The van der Waals surface area contributed by atoms with Crippen LogP contribution in [0.4, 0.5) is 0 Å². The molecule has 0 nitrogen and oxygen atoms in total. The molecule has 4 aromatic rings. The van der Waals surface area contributed by atoms with Crippen LogP contribution in [-0.2, 0) is 0 Å². The summed E-state index contributed by atoms with van der Waals surface area (Å²) in [6, 6.07) is 31.0. The van der Waals surface area contributed by atoms with E-state index in [1.165, 1.54) is 0 Å². The predicted molar refractivity (Wildman–Crippen MR) is 124 cm³/mol. The van der Waals surface area contributed by atoms with Crippen molar-refractivity contribution in [2.75, 3.05) is 0 Å². The van der Waals surface area contributed by atoms with E-state index in [1.54, 1.807) is 0 Å². The molecule has 0 aliphatic heterocycles. The monoisotopic (exact) mass is 444 g/mol. The summed E-state index contributed by atoms with van der Waals surface area (Å²) in [6.07, 6.45) is 0. The van der Waals surface area contributed by atoms with Crippen LogP contribution in [0, 0.1) is 0 Å². The molecule has 0 saturated carbocycles. The molecule has 0 aliphatic carbocycles. The highest BCUT2D eigenvalue weighted by molar-refractivity contribution is 6.31. The number of hydrogen-bond donors (Lipinski definition) is 0. The van der Waals surface area contributed by atoms with Crippen molar-refractivity contribution in [3.05, 3.63) is 117 Å². The van der Waals surface area contributed by atoms with Gasteiger partial charge in [-0.3, -0.25) is 0 Å². The van der Waals surface area contributed by atoms with Crippen molar-refractivity contribution in [3.63, 3.8) is 0 Å². The summed E-state index contributed by atoms with van der Waals surface area (Å²) >= 11 is 23.2. The maximum atomic E-state index is 5.80. The van der Waals surface area contributed by atoms with E-state index in [0.717, 1.165) is 42.3 Å². The maximum absolute atomic E-state index is 5.80. The minimum atomic E-state index is 0.753. The van der Waals surface area contributed by atoms with Crippen LogP contribution in [0.2, 0.25) is 20.1 Å². The van der Waals surface area contributed by atoms with Crippen LogP contribution in [0.15, 0.2) is 97.1 Å². The van der Waals surface area contributed by atoms with Crippen LogP contribution in [0.25, 0.3) is 22.3 Å². The van der Waals surface area contributed by atoms with Gasteiger partial charge < -0.3 is 0 Å². The number of rotatable bonds is 2. The number of benzene rings is 4. The van der Waals surface area contributed by atoms with Gasteiger partial charge in [-0.1, -0.05) is 94.9 Å². The molecule has 0 N–H and O–H groups in total. The Morgan fingerprint density at radius 1 is 0.250 bits per heavy atom. The van der Waals surface area contributed by atoms with Gasteiger partial charge >= 0.3 is 0 Å². The first-order valence-corrected chi connectivity index (χ1v) is 10.1. The molecule has 0 saturated heterocycles. The van der Waals surface area contributed by atoms with Crippen molar-refractivity contribution in [1.82, 2.24) is 0 Å². The van der Waals surface area contributed by atoms with E-state index >= 15 is 0 Å². The number of halogens is 4. The highest BCUT2D eigenvalue weighted by atomic mass is 35.5. The van der Waals surface area contributed by atoms with Gasteiger partial charge in [0, 0.05) is 20.1 Å². The summed E-state index contributed by atoms with van der Waals surface area (Å²) in [6.45, 7) is 0. The van der Waals surface area contributed by atoms with Gasteiger partial charge in [-0.2, -0.15) is 0 Å². The van der Waals surface area contributed by atoms with Crippen molar-refractivity contribution in [3.8, 4) is 22.3 Å². The van der Waals surface area contributed by atoms with Crippen molar-refractivity contribution in [2.45, 2.75) is 0 Å². The van der Waals surface area contributed by atoms with Gasteiger partial charge in [0.25, 0.3) is 0 Å². The molecule has 0 atom stereocenters. The van der Waals surface area contributed by atoms with E-state index in [2.05, 4.69) is 0 Å². The lowest BCUT2D eigenvalue weighted by Crippen LogP contribution is -1.76. The largest absolute Gasteiger partial charge is 0.0843 e. The van der Waals surface area contributed by atoms with Gasteiger partial charge in [0.05, 0.1) is 0 Å². The zero-order valence-corrected chi connectivity index (χ0v) is 17.8. The Hall–Kier alpha value is -1.96. The van der Waals surface area contributed by atoms with Crippen LogP contribution in [0.5, 0.6) is 0 Å². The van der Waals surface area contributed by atoms with E-state index in [1.807, 2.05) is 97.1 Å². The molecule has 0 aliphatic rings. The SMILES string of the molecule is Clc1ccc(-c2ccc(Cl)cc2)cc1.Clc1ccc(-c2ccc(Cl)cc2)cc1. The van der Waals surface area contributed by atoms with Gasteiger partial charge in [0.15, 0.2) is 0 Å². The fraction of sp³-hybridized carbons (Fsp3) is 0. The molecule has 0 spiro atoms. The Bertz CT molecular complexity index is 830. The van der Waals surface area contributed by atoms with Crippen molar-refractivity contribution in [1.29, 1.82) is 0 Å². The van der Waals surface area contributed by atoms with Crippen LogP contribution in [-0.4, -0.2) is 0 Å². The van der Waals surface area contributed by atoms with Gasteiger partial charge in [-0.25, -0.2) is 0 Å². The van der Waals surface area contributed by atoms with Gasteiger partial charge in [0.2, 0.25) is 0 Å².